The molecular weight excluding hydrogens is 270 g/mol. The lowest BCUT2D eigenvalue weighted by atomic mass is 9.84. The summed E-state index contributed by atoms with van der Waals surface area (Å²) in [6, 6.07) is 5.99. The van der Waals surface area contributed by atoms with Gasteiger partial charge in [0.1, 0.15) is 11.8 Å². The minimum absolute atomic E-state index is 0.00917. The normalized spacial score (nSPS) is 17.0. The van der Waals surface area contributed by atoms with Crippen LogP contribution in [0.5, 0.6) is 5.75 Å². The van der Waals surface area contributed by atoms with Crippen LogP contribution in [0.15, 0.2) is 24.3 Å². The third-order valence-electron chi connectivity index (χ3n) is 4.03. The van der Waals surface area contributed by atoms with Gasteiger partial charge in [0, 0.05) is 0 Å². The summed E-state index contributed by atoms with van der Waals surface area (Å²) < 4.78 is 5.15. The van der Waals surface area contributed by atoms with E-state index in [4.69, 9.17) is 4.74 Å². The zero-order valence-electron chi connectivity index (χ0n) is 12.2. The number of benzene rings is 1. The van der Waals surface area contributed by atoms with Gasteiger partial charge in [0.15, 0.2) is 0 Å². The number of hydrogen-bond acceptors (Lipinski definition) is 3. The molecule has 0 radical (unpaired) electrons. The van der Waals surface area contributed by atoms with Gasteiger partial charge in [-0.2, -0.15) is 0 Å². The molecule has 2 N–H and O–H groups in total. The molecule has 2 rings (SSSR count). The number of aliphatic carboxylic acids is 1. The zero-order chi connectivity index (χ0) is 15.2. The molecule has 0 heterocycles. The second kappa shape index (κ2) is 7.11. The highest BCUT2D eigenvalue weighted by Crippen LogP contribution is 2.27. The molecule has 0 aliphatic heterocycles. The monoisotopic (exact) mass is 291 g/mol. The van der Waals surface area contributed by atoms with Crippen molar-refractivity contribution in [3.05, 3.63) is 29.8 Å². The molecule has 0 bridgehead atoms. The second-order valence-electron chi connectivity index (χ2n) is 5.39. The van der Waals surface area contributed by atoms with E-state index in [1.54, 1.807) is 24.3 Å². The van der Waals surface area contributed by atoms with Crippen LogP contribution in [0.2, 0.25) is 0 Å². The number of ether oxygens (including phenoxy) is 1. The van der Waals surface area contributed by atoms with Crippen molar-refractivity contribution in [3.63, 3.8) is 0 Å². The first-order valence-corrected chi connectivity index (χ1v) is 7.30. The highest BCUT2D eigenvalue weighted by atomic mass is 16.5. The Kier molecular flexibility index (Phi) is 5.20. The number of carboxylic acid groups (broad SMARTS) is 1. The summed E-state index contributed by atoms with van der Waals surface area (Å²) in [6.07, 6.45) is 4.90. The van der Waals surface area contributed by atoms with E-state index in [0.29, 0.717) is 11.3 Å². The fraction of sp³-hybridized carbons (Fsp3) is 0.500. The maximum Gasteiger partial charge on any atom is 0.326 e. The molecule has 1 saturated carbocycles. The molecule has 114 valence electrons. The Balaban J connectivity index is 2.12. The maximum atomic E-state index is 12.3. The Morgan fingerprint density at radius 1 is 1.24 bits per heavy atom. The van der Waals surface area contributed by atoms with Gasteiger partial charge < -0.3 is 15.2 Å². The van der Waals surface area contributed by atoms with E-state index >= 15 is 0 Å². The number of methoxy groups -OCH3 is 1. The molecule has 5 nitrogen and oxygen atoms in total. The van der Waals surface area contributed by atoms with Crippen LogP contribution >= 0.6 is 0 Å². The van der Waals surface area contributed by atoms with Gasteiger partial charge in [-0.3, -0.25) is 4.79 Å². The molecule has 0 spiro atoms. The Morgan fingerprint density at radius 2 is 1.90 bits per heavy atom. The number of rotatable bonds is 5. The SMILES string of the molecule is COc1ccccc1C(=O)NC(C(=O)O)C1CCCCC1. The summed E-state index contributed by atoms with van der Waals surface area (Å²) in [4.78, 5) is 23.8. The van der Waals surface area contributed by atoms with E-state index < -0.39 is 17.9 Å². The molecule has 1 aliphatic rings. The van der Waals surface area contributed by atoms with E-state index in [1.165, 1.54) is 7.11 Å². The summed E-state index contributed by atoms with van der Waals surface area (Å²) in [7, 11) is 1.49. The fourth-order valence-electron chi connectivity index (χ4n) is 2.90. The lowest BCUT2D eigenvalue weighted by molar-refractivity contribution is -0.141. The largest absolute Gasteiger partial charge is 0.496 e. The third kappa shape index (κ3) is 3.74. The molecule has 1 atom stereocenters. The third-order valence-corrected chi connectivity index (χ3v) is 4.03. The van der Waals surface area contributed by atoms with Crippen LogP contribution in [0.3, 0.4) is 0 Å². The summed E-state index contributed by atoms with van der Waals surface area (Å²) >= 11 is 0. The first-order chi connectivity index (χ1) is 10.1. The van der Waals surface area contributed by atoms with Gasteiger partial charge in [-0.05, 0) is 30.9 Å². The summed E-state index contributed by atoms with van der Waals surface area (Å²) in [5.41, 5.74) is 0.363. The number of amides is 1. The van der Waals surface area contributed by atoms with Crippen molar-refractivity contribution in [1.29, 1.82) is 0 Å². The van der Waals surface area contributed by atoms with Crippen LogP contribution in [0.25, 0.3) is 0 Å². The molecule has 5 heteroatoms. The molecule has 0 saturated heterocycles. The lowest BCUT2D eigenvalue weighted by Crippen LogP contribution is -2.46. The van der Waals surface area contributed by atoms with Crippen molar-refractivity contribution in [3.8, 4) is 5.75 Å². The van der Waals surface area contributed by atoms with E-state index in [1.807, 2.05) is 0 Å². The maximum absolute atomic E-state index is 12.3. The Morgan fingerprint density at radius 3 is 2.52 bits per heavy atom. The standard InChI is InChI=1S/C16H21NO4/c1-21-13-10-6-5-9-12(13)15(18)17-14(16(19)20)11-7-3-2-4-8-11/h5-6,9-11,14H,2-4,7-8H2,1H3,(H,17,18)(H,19,20). The number of nitrogens with one attached hydrogen (secondary N) is 1. The van der Waals surface area contributed by atoms with Crippen molar-refractivity contribution in [2.45, 2.75) is 38.1 Å². The topological polar surface area (TPSA) is 75.6 Å². The van der Waals surface area contributed by atoms with Gasteiger partial charge in [0.25, 0.3) is 5.91 Å². The van der Waals surface area contributed by atoms with Crippen LogP contribution in [-0.2, 0) is 4.79 Å². The first-order valence-electron chi connectivity index (χ1n) is 7.30. The van der Waals surface area contributed by atoms with Gasteiger partial charge in [-0.25, -0.2) is 4.79 Å². The minimum Gasteiger partial charge on any atom is -0.496 e. The smallest absolute Gasteiger partial charge is 0.326 e. The Bertz CT molecular complexity index is 509. The van der Waals surface area contributed by atoms with Crippen molar-refractivity contribution < 1.29 is 19.4 Å². The number of carbonyl (C=O) groups is 2. The molecule has 1 aromatic carbocycles. The number of para-hydroxylation sites is 1. The van der Waals surface area contributed by atoms with E-state index in [-0.39, 0.29) is 5.92 Å². The first kappa shape index (κ1) is 15.4. The van der Waals surface area contributed by atoms with Crippen LogP contribution in [0.4, 0.5) is 0 Å². The van der Waals surface area contributed by atoms with Crippen LogP contribution < -0.4 is 10.1 Å². The molecule has 1 aromatic rings. The quantitative estimate of drug-likeness (QED) is 0.873. The second-order valence-corrected chi connectivity index (χ2v) is 5.39. The van der Waals surface area contributed by atoms with Gasteiger partial charge in [-0.1, -0.05) is 31.4 Å². The van der Waals surface area contributed by atoms with Crippen LogP contribution in [0.1, 0.15) is 42.5 Å². The average Bonchev–Trinajstić information content (AvgIpc) is 2.52. The van der Waals surface area contributed by atoms with Crippen LogP contribution in [0, 0.1) is 5.92 Å². The highest BCUT2D eigenvalue weighted by molar-refractivity contribution is 5.99. The summed E-state index contributed by atoms with van der Waals surface area (Å²) in [6.45, 7) is 0. The van der Waals surface area contributed by atoms with Gasteiger partial charge in [0.05, 0.1) is 12.7 Å². The number of carboxylic acids is 1. The molecule has 0 aromatic heterocycles. The lowest BCUT2D eigenvalue weighted by Gasteiger charge is -2.28. The van der Waals surface area contributed by atoms with Crippen LogP contribution in [-0.4, -0.2) is 30.1 Å². The Hall–Kier alpha value is -2.04. The molecule has 21 heavy (non-hydrogen) atoms. The molecule has 1 unspecified atom stereocenters. The molecule has 1 amide bonds. The Labute approximate surface area is 124 Å². The van der Waals surface area contributed by atoms with E-state index in [9.17, 15) is 14.7 Å². The van der Waals surface area contributed by atoms with Crippen molar-refractivity contribution >= 4 is 11.9 Å². The average molecular weight is 291 g/mol. The summed E-state index contributed by atoms with van der Waals surface area (Å²) in [5, 5.41) is 12.1. The number of hydrogen-bond donors (Lipinski definition) is 2. The van der Waals surface area contributed by atoms with Gasteiger partial charge in [0.2, 0.25) is 0 Å². The van der Waals surface area contributed by atoms with Crippen molar-refractivity contribution in [1.82, 2.24) is 5.32 Å². The molecule has 1 fully saturated rings. The predicted molar refractivity (Wildman–Crippen MR) is 78.5 cm³/mol. The zero-order valence-corrected chi connectivity index (χ0v) is 12.2. The predicted octanol–water partition coefficient (Wildman–Crippen LogP) is 2.46. The minimum atomic E-state index is -0.967. The molecule has 1 aliphatic carbocycles. The van der Waals surface area contributed by atoms with Gasteiger partial charge in [-0.15, -0.1) is 0 Å². The van der Waals surface area contributed by atoms with E-state index in [0.717, 1.165) is 32.1 Å². The number of carbonyl (C=O) groups excluding carboxylic acids is 1. The fourth-order valence-corrected chi connectivity index (χ4v) is 2.90. The highest BCUT2D eigenvalue weighted by Gasteiger charge is 2.31. The van der Waals surface area contributed by atoms with E-state index in [2.05, 4.69) is 5.32 Å². The molecular formula is C16H21NO4. The summed E-state index contributed by atoms with van der Waals surface area (Å²) in [5.74, 6) is -0.909. The van der Waals surface area contributed by atoms with Crippen molar-refractivity contribution in [2.24, 2.45) is 5.92 Å². The van der Waals surface area contributed by atoms with Crippen molar-refractivity contribution in [2.75, 3.05) is 7.11 Å². The van der Waals surface area contributed by atoms with Gasteiger partial charge >= 0.3 is 5.97 Å².